The van der Waals surface area contributed by atoms with Gasteiger partial charge >= 0.3 is 0 Å². The van der Waals surface area contributed by atoms with Crippen LogP contribution >= 0.6 is 11.6 Å². The number of aromatic nitrogens is 7. The van der Waals surface area contributed by atoms with Crippen LogP contribution in [0.4, 0.5) is 16.2 Å². The molecule has 0 amide bonds. The highest BCUT2D eigenvalue weighted by molar-refractivity contribution is 6.31. The third-order valence-corrected chi connectivity index (χ3v) is 7.20. The molecule has 1 aliphatic heterocycles. The van der Waals surface area contributed by atoms with E-state index in [-0.39, 0.29) is 11.7 Å². The molecule has 9 nitrogen and oxygen atoms in total. The van der Waals surface area contributed by atoms with E-state index in [1.807, 2.05) is 49.5 Å². The summed E-state index contributed by atoms with van der Waals surface area (Å²) in [4.78, 5) is 18.3. The molecule has 37 heavy (non-hydrogen) atoms. The molecule has 4 aromatic heterocycles. The molecule has 0 bridgehead atoms. The third kappa shape index (κ3) is 4.48. The van der Waals surface area contributed by atoms with E-state index in [1.54, 1.807) is 17.1 Å². The van der Waals surface area contributed by atoms with Crippen molar-refractivity contribution in [1.82, 2.24) is 34.3 Å². The minimum Gasteiger partial charge on any atom is -0.351 e. The van der Waals surface area contributed by atoms with Crippen LogP contribution in [-0.2, 0) is 7.05 Å². The molecule has 0 unspecified atom stereocenters. The Balaban J connectivity index is 1.15. The number of benzene rings is 1. The molecule has 0 spiro atoms. The van der Waals surface area contributed by atoms with Crippen LogP contribution in [0.2, 0.25) is 5.02 Å². The van der Waals surface area contributed by atoms with Crippen molar-refractivity contribution in [2.24, 2.45) is 7.05 Å². The summed E-state index contributed by atoms with van der Waals surface area (Å²) in [7, 11) is 1.91. The Bertz CT molecular complexity index is 1550. The van der Waals surface area contributed by atoms with Crippen molar-refractivity contribution >= 4 is 28.9 Å². The first-order chi connectivity index (χ1) is 18.0. The lowest BCUT2D eigenvalue weighted by molar-refractivity contribution is 0.626. The number of anilines is 2. The summed E-state index contributed by atoms with van der Waals surface area (Å²) in [5.41, 5.74) is 4.83. The minimum absolute atomic E-state index is 0.0437. The van der Waals surface area contributed by atoms with Crippen molar-refractivity contribution in [1.29, 1.82) is 0 Å². The van der Waals surface area contributed by atoms with Gasteiger partial charge in [0.25, 0.3) is 0 Å². The molecule has 1 atom stereocenters. The Morgan fingerprint density at radius 2 is 1.65 bits per heavy atom. The SMILES string of the molecule is C[C@@H](c1cnc(N2CCN(c3ncnn4cc(-c5cnn(C)c5)cc34)CC2)nc1)c1ccc(F)cc1Cl. The van der Waals surface area contributed by atoms with Crippen LogP contribution in [0.5, 0.6) is 0 Å². The van der Waals surface area contributed by atoms with Gasteiger partial charge in [0.2, 0.25) is 5.95 Å². The molecule has 188 valence electrons. The highest BCUT2D eigenvalue weighted by atomic mass is 35.5. The molecule has 6 rings (SSSR count). The summed E-state index contributed by atoms with van der Waals surface area (Å²) in [6.45, 7) is 5.12. The molecule has 1 fully saturated rings. The van der Waals surface area contributed by atoms with E-state index in [9.17, 15) is 4.39 Å². The lowest BCUT2D eigenvalue weighted by Crippen LogP contribution is -2.47. The van der Waals surface area contributed by atoms with Crippen molar-refractivity contribution in [2.45, 2.75) is 12.8 Å². The maximum Gasteiger partial charge on any atom is 0.225 e. The van der Waals surface area contributed by atoms with Crippen LogP contribution in [-0.4, -0.2) is 60.5 Å². The van der Waals surface area contributed by atoms with Gasteiger partial charge in [-0.15, -0.1) is 0 Å². The first-order valence-electron chi connectivity index (χ1n) is 12.1. The summed E-state index contributed by atoms with van der Waals surface area (Å²) < 4.78 is 17.1. The molecular formula is C26H25ClFN9. The number of halogens is 2. The second-order valence-corrected chi connectivity index (χ2v) is 9.63. The molecule has 11 heteroatoms. The van der Waals surface area contributed by atoms with Crippen LogP contribution in [0, 0.1) is 5.82 Å². The van der Waals surface area contributed by atoms with Crippen LogP contribution < -0.4 is 9.80 Å². The largest absolute Gasteiger partial charge is 0.351 e. The van der Waals surface area contributed by atoms with Crippen LogP contribution in [0.15, 0.2) is 61.6 Å². The maximum absolute atomic E-state index is 13.4. The molecular weight excluding hydrogens is 493 g/mol. The number of hydrogen-bond donors (Lipinski definition) is 0. The van der Waals surface area contributed by atoms with E-state index >= 15 is 0 Å². The van der Waals surface area contributed by atoms with Gasteiger partial charge in [-0.25, -0.2) is 23.9 Å². The van der Waals surface area contributed by atoms with Gasteiger partial charge < -0.3 is 9.80 Å². The van der Waals surface area contributed by atoms with Gasteiger partial charge in [0.15, 0.2) is 5.82 Å². The molecule has 0 radical (unpaired) electrons. The molecule has 1 saturated heterocycles. The van der Waals surface area contributed by atoms with E-state index in [0.717, 1.165) is 59.8 Å². The van der Waals surface area contributed by atoms with E-state index in [1.165, 1.54) is 12.1 Å². The monoisotopic (exact) mass is 517 g/mol. The van der Waals surface area contributed by atoms with Crippen LogP contribution in [0.3, 0.4) is 0 Å². The van der Waals surface area contributed by atoms with E-state index in [4.69, 9.17) is 11.6 Å². The fraction of sp³-hybridized carbons (Fsp3) is 0.269. The highest BCUT2D eigenvalue weighted by Crippen LogP contribution is 2.31. The average molecular weight is 518 g/mol. The van der Waals surface area contributed by atoms with Crippen molar-refractivity contribution in [3.05, 3.63) is 83.5 Å². The van der Waals surface area contributed by atoms with Gasteiger partial charge in [-0.05, 0) is 29.3 Å². The smallest absolute Gasteiger partial charge is 0.225 e. The topological polar surface area (TPSA) is 80.3 Å². The zero-order valence-corrected chi connectivity index (χ0v) is 21.2. The Hall–Kier alpha value is -4.05. The minimum atomic E-state index is -0.347. The molecule has 0 N–H and O–H groups in total. The maximum atomic E-state index is 13.4. The van der Waals surface area contributed by atoms with Gasteiger partial charge in [0, 0.05) is 80.1 Å². The lowest BCUT2D eigenvalue weighted by atomic mass is 9.95. The fourth-order valence-corrected chi connectivity index (χ4v) is 5.09. The van der Waals surface area contributed by atoms with E-state index in [0.29, 0.717) is 11.0 Å². The Kier molecular flexibility index (Phi) is 5.96. The number of rotatable bonds is 5. The zero-order chi connectivity index (χ0) is 25.5. The average Bonchev–Trinajstić information content (AvgIpc) is 3.55. The highest BCUT2D eigenvalue weighted by Gasteiger charge is 2.23. The summed E-state index contributed by atoms with van der Waals surface area (Å²) in [5.74, 6) is 1.21. The van der Waals surface area contributed by atoms with E-state index in [2.05, 4.69) is 41.0 Å². The van der Waals surface area contributed by atoms with Gasteiger partial charge in [-0.3, -0.25) is 4.68 Å². The number of aryl methyl sites for hydroxylation is 1. The second-order valence-electron chi connectivity index (χ2n) is 9.22. The number of nitrogens with zero attached hydrogens (tertiary/aromatic N) is 9. The Morgan fingerprint density at radius 1 is 0.892 bits per heavy atom. The van der Waals surface area contributed by atoms with E-state index < -0.39 is 0 Å². The molecule has 0 aliphatic carbocycles. The van der Waals surface area contributed by atoms with Crippen LogP contribution in [0.25, 0.3) is 16.6 Å². The fourth-order valence-electron chi connectivity index (χ4n) is 4.76. The zero-order valence-electron chi connectivity index (χ0n) is 20.5. The number of piperazine rings is 1. The third-order valence-electron chi connectivity index (χ3n) is 6.87. The first-order valence-corrected chi connectivity index (χ1v) is 12.4. The Morgan fingerprint density at radius 3 is 2.35 bits per heavy atom. The van der Waals surface area contributed by atoms with Crippen LogP contribution in [0.1, 0.15) is 24.0 Å². The van der Waals surface area contributed by atoms with Crippen molar-refractivity contribution in [3.63, 3.8) is 0 Å². The predicted octanol–water partition coefficient (Wildman–Crippen LogP) is 4.19. The van der Waals surface area contributed by atoms with Gasteiger partial charge in [-0.2, -0.15) is 10.2 Å². The molecule has 1 aromatic carbocycles. The van der Waals surface area contributed by atoms with Gasteiger partial charge in [-0.1, -0.05) is 24.6 Å². The summed E-state index contributed by atoms with van der Waals surface area (Å²) >= 11 is 6.25. The molecule has 5 heterocycles. The number of hydrogen-bond acceptors (Lipinski definition) is 7. The first kappa shape index (κ1) is 23.4. The predicted molar refractivity (Wildman–Crippen MR) is 141 cm³/mol. The van der Waals surface area contributed by atoms with Crippen molar-refractivity contribution in [2.75, 3.05) is 36.0 Å². The molecule has 1 aliphatic rings. The molecule has 5 aromatic rings. The molecule has 0 saturated carbocycles. The summed E-state index contributed by atoms with van der Waals surface area (Å²) in [5, 5.41) is 9.08. The standard InChI is InChI=1S/C26H25ClFN9/c1-17(22-4-3-21(28)10-23(22)27)19-11-29-26(30-12-19)36-7-5-35(6-8-36)25-24-9-18(15-37(24)33-16-31-25)20-13-32-34(2)14-20/h3-4,9-17H,5-8H2,1-2H3/t17-/m0/s1. The van der Waals surface area contributed by atoms with Gasteiger partial charge in [0.05, 0.1) is 6.20 Å². The number of fused-ring (bicyclic) bond motifs is 1. The quantitative estimate of drug-likeness (QED) is 0.346. The second kappa shape index (κ2) is 9.44. The van der Waals surface area contributed by atoms with Gasteiger partial charge in [0.1, 0.15) is 17.7 Å². The Labute approximate surface area is 218 Å². The summed E-state index contributed by atoms with van der Waals surface area (Å²) in [6, 6.07) is 6.58. The van der Waals surface area contributed by atoms with Crippen molar-refractivity contribution in [3.8, 4) is 11.1 Å². The summed E-state index contributed by atoms with van der Waals surface area (Å²) in [6.07, 6.45) is 11.1. The van der Waals surface area contributed by atoms with Crippen molar-refractivity contribution < 1.29 is 4.39 Å². The normalized spacial score (nSPS) is 14.9. The lowest BCUT2D eigenvalue weighted by Gasteiger charge is -2.35.